The van der Waals surface area contributed by atoms with Crippen LogP contribution in [0, 0.1) is 0 Å². The summed E-state index contributed by atoms with van der Waals surface area (Å²) >= 11 is 0. The molecule has 0 spiro atoms. The number of hydrogen-bond acceptors (Lipinski definition) is 3. The van der Waals surface area contributed by atoms with E-state index in [-0.39, 0.29) is 11.4 Å². The number of rotatable bonds is 6. The van der Waals surface area contributed by atoms with Crippen molar-refractivity contribution >= 4 is 21.1 Å². The van der Waals surface area contributed by atoms with E-state index in [1.165, 1.54) is 0 Å². The lowest BCUT2D eigenvalue weighted by Crippen LogP contribution is -2.28. The Morgan fingerprint density at radius 1 is 1.21 bits per heavy atom. The molecule has 0 aliphatic carbocycles. The zero-order valence-corrected chi connectivity index (χ0v) is 11.5. The third kappa shape index (κ3) is 3.68. The zero-order valence-electron chi connectivity index (χ0n) is 10.7. The van der Waals surface area contributed by atoms with Crippen molar-refractivity contribution in [3.05, 3.63) is 34.2 Å². The average molecular weight is 283 g/mol. The van der Waals surface area contributed by atoms with Gasteiger partial charge in [-0.15, -0.1) is 0 Å². The summed E-state index contributed by atoms with van der Waals surface area (Å²) in [4.78, 5) is 16.5. The summed E-state index contributed by atoms with van der Waals surface area (Å²) in [5.74, 6) is 0.150. The van der Waals surface area contributed by atoms with Gasteiger partial charge in [0.1, 0.15) is 0 Å². The molecule has 0 bridgehead atoms. The van der Waals surface area contributed by atoms with Gasteiger partial charge >= 0.3 is 5.69 Å². The first-order chi connectivity index (χ1) is 9.00. The number of H-pyrrole nitrogens is 2. The van der Waals surface area contributed by atoms with Crippen LogP contribution in [0.1, 0.15) is 18.9 Å². The highest BCUT2D eigenvalue weighted by atomic mass is 32.2. The molecular formula is C12H17N3O3S. The maximum Gasteiger partial charge on any atom is 0.323 e. The van der Waals surface area contributed by atoms with Crippen LogP contribution >= 0.6 is 0 Å². The number of aromatic nitrogens is 2. The first-order valence-corrected chi connectivity index (χ1v) is 7.83. The smallest absolute Gasteiger partial charge is 0.306 e. The maximum absolute atomic E-state index is 11.5. The highest BCUT2D eigenvalue weighted by Gasteiger charge is 2.07. The Balaban J connectivity index is 2.00. The largest absolute Gasteiger partial charge is 0.323 e. The molecule has 3 N–H and O–H groups in total. The Labute approximate surface area is 111 Å². The summed E-state index contributed by atoms with van der Waals surface area (Å²) in [6, 6.07) is 5.53. The van der Waals surface area contributed by atoms with E-state index in [9.17, 15) is 13.2 Å². The molecule has 1 aromatic heterocycles. The van der Waals surface area contributed by atoms with Crippen molar-refractivity contribution in [1.29, 1.82) is 0 Å². The van der Waals surface area contributed by atoms with Crippen LogP contribution in [0.5, 0.6) is 0 Å². The minimum Gasteiger partial charge on any atom is -0.306 e. The lowest BCUT2D eigenvalue weighted by molar-refractivity contribution is 0.580. The highest BCUT2D eigenvalue weighted by molar-refractivity contribution is 7.89. The van der Waals surface area contributed by atoms with Crippen molar-refractivity contribution in [2.75, 3.05) is 12.3 Å². The lowest BCUT2D eigenvalue weighted by Gasteiger charge is -2.05. The highest BCUT2D eigenvalue weighted by Crippen LogP contribution is 2.10. The van der Waals surface area contributed by atoms with Crippen molar-refractivity contribution in [2.24, 2.45) is 0 Å². The first kappa shape index (κ1) is 13.8. The van der Waals surface area contributed by atoms with E-state index in [0.717, 1.165) is 16.6 Å². The normalized spacial score (nSPS) is 12.1. The third-order valence-corrected chi connectivity index (χ3v) is 4.38. The van der Waals surface area contributed by atoms with E-state index in [1.54, 1.807) is 0 Å². The number of benzene rings is 1. The van der Waals surface area contributed by atoms with Crippen LogP contribution in [0.2, 0.25) is 0 Å². The molecule has 0 radical (unpaired) electrons. The van der Waals surface area contributed by atoms with E-state index in [0.29, 0.717) is 19.4 Å². The number of sulfonamides is 1. The van der Waals surface area contributed by atoms with Gasteiger partial charge in [-0.1, -0.05) is 13.0 Å². The molecule has 0 saturated heterocycles. The van der Waals surface area contributed by atoms with Crippen molar-refractivity contribution in [3.8, 4) is 0 Å². The molecule has 7 heteroatoms. The average Bonchev–Trinajstić information content (AvgIpc) is 2.68. The van der Waals surface area contributed by atoms with E-state index < -0.39 is 10.0 Å². The second-order valence-electron chi connectivity index (χ2n) is 4.42. The summed E-state index contributed by atoms with van der Waals surface area (Å²) in [7, 11) is -3.15. The molecule has 1 aromatic carbocycles. The summed E-state index contributed by atoms with van der Waals surface area (Å²) in [5.41, 5.74) is 2.22. The van der Waals surface area contributed by atoms with Gasteiger partial charge in [-0.25, -0.2) is 17.9 Å². The Morgan fingerprint density at radius 3 is 2.68 bits per heavy atom. The van der Waals surface area contributed by atoms with Gasteiger partial charge in [-0.2, -0.15) is 0 Å². The van der Waals surface area contributed by atoms with Crippen molar-refractivity contribution in [1.82, 2.24) is 14.7 Å². The molecule has 104 valence electrons. The van der Waals surface area contributed by atoms with Crippen LogP contribution < -0.4 is 10.4 Å². The van der Waals surface area contributed by atoms with Crippen LogP contribution in [0.15, 0.2) is 23.0 Å². The van der Waals surface area contributed by atoms with Gasteiger partial charge in [0.05, 0.1) is 16.8 Å². The second kappa shape index (κ2) is 5.58. The molecule has 2 rings (SSSR count). The number of fused-ring (bicyclic) bond motifs is 1. The first-order valence-electron chi connectivity index (χ1n) is 6.18. The standard InChI is InChI=1S/C12H17N3O3S/c1-2-7-19(17,18)13-6-5-9-3-4-10-11(8-9)15-12(16)14-10/h3-4,8,13H,2,5-7H2,1H3,(H2,14,15,16). The summed E-state index contributed by atoms with van der Waals surface area (Å²) in [6.45, 7) is 2.19. The number of nitrogens with one attached hydrogen (secondary N) is 3. The summed E-state index contributed by atoms with van der Waals surface area (Å²) in [5, 5.41) is 0. The van der Waals surface area contributed by atoms with E-state index in [2.05, 4.69) is 14.7 Å². The summed E-state index contributed by atoms with van der Waals surface area (Å²) in [6.07, 6.45) is 1.19. The molecule has 19 heavy (non-hydrogen) atoms. The monoisotopic (exact) mass is 283 g/mol. The van der Waals surface area contributed by atoms with Gasteiger partial charge in [0, 0.05) is 6.54 Å². The Kier molecular flexibility index (Phi) is 4.06. The fourth-order valence-electron chi connectivity index (χ4n) is 1.93. The number of imidazole rings is 1. The van der Waals surface area contributed by atoms with Crippen molar-refractivity contribution < 1.29 is 8.42 Å². The SMILES string of the molecule is CCCS(=O)(=O)NCCc1ccc2[nH]c(=O)[nH]c2c1. The minimum absolute atomic E-state index is 0.150. The lowest BCUT2D eigenvalue weighted by atomic mass is 10.1. The zero-order chi connectivity index (χ0) is 13.9. The molecule has 2 aromatic rings. The van der Waals surface area contributed by atoms with Gasteiger partial charge < -0.3 is 9.97 Å². The summed E-state index contributed by atoms with van der Waals surface area (Å²) < 4.78 is 25.5. The molecule has 1 heterocycles. The van der Waals surface area contributed by atoms with Crippen molar-refractivity contribution in [3.63, 3.8) is 0 Å². The second-order valence-corrected chi connectivity index (χ2v) is 6.35. The molecule has 0 amide bonds. The predicted octanol–water partition coefficient (Wildman–Crippen LogP) is 0.728. The fraction of sp³-hybridized carbons (Fsp3) is 0.417. The molecule has 0 aliphatic heterocycles. The van der Waals surface area contributed by atoms with Gasteiger partial charge in [0.15, 0.2) is 0 Å². The Bertz CT molecular complexity index is 715. The molecule has 0 atom stereocenters. The van der Waals surface area contributed by atoms with E-state index in [4.69, 9.17) is 0 Å². The minimum atomic E-state index is -3.15. The van der Waals surface area contributed by atoms with Gasteiger partial charge in [0.25, 0.3) is 0 Å². The van der Waals surface area contributed by atoms with Crippen LogP contribution in [0.4, 0.5) is 0 Å². The van der Waals surface area contributed by atoms with E-state index >= 15 is 0 Å². The molecule has 0 fully saturated rings. The van der Waals surface area contributed by atoms with Crippen molar-refractivity contribution in [2.45, 2.75) is 19.8 Å². The van der Waals surface area contributed by atoms with Gasteiger partial charge in [-0.3, -0.25) is 0 Å². The number of aromatic amines is 2. The predicted molar refractivity (Wildman–Crippen MR) is 74.7 cm³/mol. The van der Waals surface area contributed by atoms with Crippen LogP contribution in [-0.2, 0) is 16.4 Å². The van der Waals surface area contributed by atoms with Crippen LogP contribution in [0.25, 0.3) is 11.0 Å². The molecule has 0 saturated carbocycles. The van der Waals surface area contributed by atoms with Crippen LogP contribution in [-0.4, -0.2) is 30.7 Å². The third-order valence-electron chi connectivity index (χ3n) is 2.79. The number of hydrogen-bond donors (Lipinski definition) is 3. The van der Waals surface area contributed by atoms with Crippen LogP contribution in [0.3, 0.4) is 0 Å². The Hall–Kier alpha value is -1.60. The van der Waals surface area contributed by atoms with Gasteiger partial charge in [-0.05, 0) is 30.5 Å². The Morgan fingerprint density at radius 2 is 1.95 bits per heavy atom. The quantitative estimate of drug-likeness (QED) is 0.729. The topological polar surface area (TPSA) is 94.8 Å². The molecule has 0 unspecified atom stereocenters. The van der Waals surface area contributed by atoms with E-state index in [1.807, 2.05) is 25.1 Å². The maximum atomic E-state index is 11.5. The molecule has 6 nitrogen and oxygen atoms in total. The molecule has 0 aliphatic rings. The molecular weight excluding hydrogens is 266 g/mol. The fourth-order valence-corrected chi connectivity index (χ4v) is 3.02. The van der Waals surface area contributed by atoms with Gasteiger partial charge in [0.2, 0.25) is 10.0 Å².